The molecule has 180 valence electrons. The minimum atomic E-state index is -0.569. The van der Waals surface area contributed by atoms with Crippen LogP contribution in [0, 0.1) is 13.8 Å². The molecule has 1 aliphatic heterocycles. The summed E-state index contributed by atoms with van der Waals surface area (Å²) >= 11 is 0. The third-order valence-corrected chi connectivity index (χ3v) is 6.86. The molecular weight excluding hydrogens is 432 g/mol. The van der Waals surface area contributed by atoms with Crippen LogP contribution >= 0.6 is 0 Å². The highest BCUT2D eigenvalue weighted by molar-refractivity contribution is 5.99. The molecule has 0 radical (unpaired) electrons. The second-order valence-electron chi connectivity index (χ2n) is 8.65. The fourth-order valence-electron chi connectivity index (χ4n) is 4.66. The van der Waals surface area contributed by atoms with Gasteiger partial charge in [-0.25, -0.2) is 0 Å². The number of carbonyl (C=O) groups is 1. The summed E-state index contributed by atoms with van der Waals surface area (Å²) < 4.78 is 17.0. The van der Waals surface area contributed by atoms with E-state index in [-0.39, 0.29) is 17.1 Å². The van der Waals surface area contributed by atoms with E-state index in [1.165, 1.54) is 0 Å². The van der Waals surface area contributed by atoms with Crippen LogP contribution in [0.3, 0.4) is 0 Å². The molecule has 4 rings (SSSR count). The van der Waals surface area contributed by atoms with Crippen molar-refractivity contribution in [2.24, 2.45) is 0 Å². The molecule has 34 heavy (non-hydrogen) atoms. The maximum absolute atomic E-state index is 13.8. The van der Waals surface area contributed by atoms with Gasteiger partial charge in [0.25, 0.3) is 5.91 Å². The van der Waals surface area contributed by atoms with Crippen LogP contribution in [0.5, 0.6) is 11.5 Å². The fraction of sp³-hybridized carbons (Fsp3) is 0.407. The zero-order valence-corrected chi connectivity index (χ0v) is 20.7. The third-order valence-electron chi connectivity index (χ3n) is 6.86. The van der Waals surface area contributed by atoms with Gasteiger partial charge in [0.15, 0.2) is 16.9 Å². The second-order valence-corrected chi connectivity index (χ2v) is 8.65. The molecular formula is C27H32N2O5. The molecule has 0 spiro atoms. The van der Waals surface area contributed by atoms with E-state index in [2.05, 4.69) is 18.7 Å². The molecule has 0 fully saturated rings. The number of fused-ring (bicyclic) bond motifs is 2. The van der Waals surface area contributed by atoms with Crippen LogP contribution in [0.15, 0.2) is 39.5 Å². The van der Waals surface area contributed by atoms with E-state index in [0.717, 1.165) is 29.8 Å². The number of carbonyl (C=O) groups excluding carboxylic acids is 1. The maximum Gasteiger partial charge on any atom is 0.290 e. The predicted octanol–water partition coefficient (Wildman–Crippen LogP) is 4.31. The van der Waals surface area contributed by atoms with Crippen molar-refractivity contribution in [3.63, 3.8) is 0 Å². The number of methoxy groups -OCH3 is 2. The van der Waals surface area contributed by atoms with Crippen molar-refractivity contribution >= 4 is 16.9 Å². The number of benzene rings is 2. The number of hydrogen-bond acceptors (Lipinski definition) is 6. The number of amides is 1. The molecule has 7 heteroatoms. The number of aryl methyl sites for hydroxylation is 2. The first kappa shape index (κ1) is 23.8. The Morgan fingerprint density at radius 3 is 2.29 bits per heavy atom. The van der Waals surface area contributed by atoms with Gasteiger partial charge in [0.05, 0.1) is 31.2 Å². The van der Waals surface area contributed by atoms with Gasteiger partial charge in [0.1, 0.15) is 5.58 Å². The van der Waals surface area contributed by atoms with E-state index in [1.807, 2.05) is 38.1 Å². The minimum absolute atomic E-state index is 0.125. The van der Waals surface area contributed by atoms with Crippen molar-refractivity contribution in [3.8, 4) is 11.5 Å². The molecule has 2 aromatic carbocycles. The van der Waals surface area contributed by atoms with Crippen molar-refractivity contribution in [1.82, 2.24) is 9.80 Å². The Bertz CT molecular complexity index is 1290. The molecule has 1 atom stereocenters. The molecule has 0 bridgehead atoms. The summed E-state index contributed by atoms with van der Waals surface area (Å²) in [4.78, 5) is 31.4. The van der Waals surface area contributed by atoms with Gasteiger partial charge in [-0.2, -0.15) is 0 Å². The summed E-state index contributed by atoms with van der Waals surface area (Å²) in [6, 6.07) is 8.63. The molecule has 1 aromatic heterocycles. The standard InChI is InChI=1S/C27H32N2O5/c1-7-28(8-2)11-12-29-24(18-9-10-20(32-5)22(15-18)33-6)23-25(30)19-13-16(3)17(4)14-21(19)34-26(23)27(29)31/h9-10,13-15,24H,7-8,11-12H2,1-6H3. The molecule has 1 aliphatic rings. The lowest BCUT2D eigenvalue weighted by Crippen LogP contribution is -2.37. The zero-order valence-electron chi connectivity index (χ0n) is 20.7. The number of ether oxygens (including phenoxy) is 2. The van der Waals surface area contributed by atoms with Crippen LogP contribution in [0.25, 0.3) is 11.0 Å². The zero-order chi connectivity index (χ0) is 24.6. The first-order valence-corrected chi connectivity index (χ1v) is 11.7. The molecule has 0 aliphatic carbocycles. The van der Waals surface area contributed by atoms with Crippen LogP contribution in [-0.4, -0.2) is 56.1 Å². The topological polar surface area (TPSA) is 72.2 Å². The second kappa shape index (κ2) is 9.50. The van der Waals surface area contributed by atoms with Crippen molar-refractivity contribution in [2.45, 2.75) is 33.7 Å². The van der Waals surface area contributed by atoms with E-state index in [9.17, 15) is 9.59 Å². The molecule has 0 saturated heterocycles. The molecule has 2 heterocycles. The lowest BCUT2D eigenvalue weighted by atomic mass is 9.97. The van der Waals surface area contributed by atoms with Gasteiger partial charge in [0.2, 0.25) is 5.76 Å². The number of rotatable bonds is 8. The van der Waals surface area contributed by atoms with E-state index >= 15 is 0 Å². The largest absolute Gasteiger partial charge is 0.493 e. The quantitative estimate of drug-likeness (QED) is 0.495. The van der Waals surface area contributed by atoms with E-state index in [1.54, 1.807) is 25.2 Å². The summed E-state index contributed by atoms with van der Waals surface area (Å²) in [5, 5.41) is 0.491. The Morgan fingerprint density at radius 2 is 1.65 bits per heavy atom. The van der Waals surface area contributed by atoms with Gasteiger partial charge >= 0.3 is 0 Å². The van der Waals surface area contributed by atoms with Crippen molar-refractivity contribution in [2.75, 3.05) is 40.4 Å². The summed E-state index contributed by atoms with van der Waals surface area (Å²) in [5.74, 6) is 0.989. The highest BCUT2D eigenvalue weighted by Gasteiger charge is 2.43. The third kappa shape index (κ3) is 3.94. The Balaban J connectivity index is 1.92. The number of hydrogen-bond donors (Lipinski definition) is 0. The first-order chi connectivity index (χ1) is 16.3. The van der Waals surface area contributed by atoms with Crippen LogP contribution in [0.2, 0.25) is 0 Å². The van der Waals surface area contributed by atoms with Crippen LogP contribution in [-0.2, 0) is 0 Å². The van der Waals surface area contributed by atoms with Gasteiger partial charge in [-0.05, 0) is 67.9 Å². The van der Waals surface area contributed by atoms with Gasteiger partial charge in [-0.1, -0.05) is 19.9 Å². The van der Waals surface area contributed by atoms with Crippen molar-refractivity contribution in [1.29, 1.82) is 0 Å². The molecule has 1 amide bonds. The lowest BCUT2D eigenvalue weighted by Gasteiger charge is -2.28. The van der Waals surface area contributed by atoms with E-state index in [0.29, 0.717) is 41.1 Å². The van der Waals surface area contributed by atoms with Crippen molar-refractivity contribution < 1.29 is 18.7 Å². The fourth-order valence-corrected chi connectivity index (χ4v) is 4.66. The van der Waals surface area contributed by atoms with Gasteiger partial charge in [-0.3, -0.25) is 9.59 Å². The lowest BCUT2D eigenvalue weighted by molar-refractivity contribution is 0.0708. The number of likely N-dealkylation sites (N-methyl/N-ethyl adjacent to an activating group) is 1. The predicted molar refractivity (Wildman–Crippen MR) is 132 cm³/mol. The molecule has 0 saturated carbocycles. The SMILES string of the molecule is CCN(CC)CCN1C(=O)c2oc3cc(C)c(C)cc3c(=O)c2C1c1ccc(OC)c(OC)c1. The Labute approximate surface area is 199 Å². The highest BCUT2D eigenvalue weighted by Crippen LogP contribution is 2.41. The number of nitrogens with zero attached hydrogens (tertiary/aromatic N) is 2. The van der Waals surface area contributed by atoms with Gasteiger partial charge in [0, 0.05) is 13.1 Å². The molecule has 1 unspecified atom stereocenters. The summed E-state index contributed by atoms with van der Waals surface area (Å²) in [6.45, 7) is 11.1. The average Bonchev–Trinajstić information content (AvgIpc) is 3.12. The molecule has 7 nitrogen and oxygen atoms in total. The highest BCUT2D eigenvalue weighted by atomic mass is 16.5. The van der Waals surface area contributed by atoms with Gasteiger partial charge < -0.3 is 23.7 Å². The molecule has 3 aromatic rings. The van der Waals surface area contributed by atoms with E-state index < -0.39 is 6.04 Å². The summed E-state index contributed by atoms with van der Waals surface area (Å²) in [6.07, 6.45) is 0. The first-order valence-electron chi connectivity index (χ1n) is 11.7. The monoisotopic (exact) mass is 464 g/mol. The smallest absolute Gasteiger partial charge is 0.290 e. The van der Waals surface area contributed by atoms with Gasteiger partial charge in [-0.15, -0.1) is 0 Å². The van der Waals surface area contributed by atoms with Crippen LogP contribution < -0.4 is 14.9 Å². The van der Waals surface area contributed by atoms with Crippen LogP contribution in [0.1, 0.15) is 52.7 Å². The van der Waals surface area contributed by atoms with E-state index in [4.69, 9.17) is 13.9 Å². The summed E-state index contributed by atoms with van der Waals surface area (Å²) in [5.41, 5.74) is 3.45. The van der Waals surface area contributed by atoms with Crippen molar-refractivity contribution in [3.05, 3.63) is 68.6 Å². The summed E-state index contributed by atoms with van der Waals surface area (Å²) in [7, 11) is 3.15. The minimum Gasteiger partial charge on any atom is -0.493 e. The maximum atomic E-state index is 13.8. The Morgan fingerprint density at radius 1 is 0.971 bits per heavy atom. The van der Waals surface area contributed by atoms with Crippen LogP contribution in [0.4, 0.5) is 0 Å². The Hall–Kier alpha value is -3.32. The normalized spacial score (nSPS) is 15.3. The Kier molecular flexibility index (Phi) is 6.66. The average molecular weight is 465 g/mol. The molecule has 0 N–H and O–H groups in total.